The average molecular weight is 698 g/mol. The van der Waals surface area contributed by atoms with Crippen molar-refractivity contribution in [2.75, 3.05) is 40.4 Å². The van der Waals surface area contributed by atoms with Crippen molar-refractivity contribution in [1.82, 2.24) is 33.9 Å². The Labute approximate surface area is 288 Å². The minimum atomic E-state index is -3.67. The van der Waals surface area contributed by atoms with Crippen LogP contribution in [0.1, 0.15) is 17.0 Å². The third-order valence-electron chi connectivity index (χ3n) is 8.36. The Morgan fingerprint density at radius 2 is 1.60 bits per heavy atom. The first-order chi connectivity index (χ1) is 23.2. The monoisotopic (exact) mass is 697 g/mol. The van der Waals surface area contributed by atoms with Gasteiger partial charge in [-0.15, -0.1) is 21.5 Å². The summed E-state index contributed by atoms with van der Waals surface area (Å²) in [4.78, 5) is 13.6. The maximum Gasteiger partial charge on any atom is 0.242 e. The van der Waals surface area contributed by atoms with E-state index < -0.39 is 10.0 Å². The van der Waals surface area contributed by atoms with Gasteiger partial charge in [0, 0.05) is 43.7 Å². The second-order valence-electron chi connectivity index (χ2n) is 11.8. The van der Waals surface area contributed by atoms with Crippen LogP contribution in [0.4, 0.5) is 0 Å². The Bertz CT molecular complexity index is 2190. The maximum absolute atomic E-state index is 13.1. The molecule has 0 atom stereocenters. The molecular weight excluding hydrogens is 663 g/mol. The van der Waals surface area contributed by atoms with E-state index >= 15 is 0 Å². The van der Waals surface area contributed by atoms with E-state index in [-0.39, 0.29) is 4.90 Å². The van der Waals surface area contributed by atoms with E-state index in [1.807, 2.05) is 34.9 Å². The van der Waals surface area contributed by atoms with Gasteiger partial charge in [0.1, 0.15) is 15.7 Å². The highest BCUT2D eigenvalue weighted by Crippen LogP contribution is 2.42. The first-order valence-electron chi connectivity index (χ1n) is 15.6. The van der Waals surface area contributed by atoms with Crippen LogP contribution < -0.4 is 0 Å². The molecule has 1 aliphatic rings. The van der Waals surface area contributed by atoms with E-state index in [2.05, 4.69) is 48.4 Å². The smallest absolute Gasteiger partial charge is 0.242 e. The molecule has 0 bridgehead atoms. The summed E-state index contributed by atoms with van der Waals surface area (Å²) in [6, 6.07) is 23.3. The van der Waals surface area contributed by atoms with E-state index in [9.17, 15) is 8.42 Å². The van der Waals surface area contributed by atoms with E-state index in [1.165, 1.54) is 30.2 Å². The number of para-hydroxylation sites is 1. The number of hydrogen-bond donors (Lipinski definition) is 0. The van der Waals surface area contributed by atoms with E-state index in [1.54, 1.807) is 29.5 Å². The van der Waals surface area contributed by atoms with Crippen LogP contribution in [0.5, 0.6) is 0 Å². The molecule has 1 fully saturated rings. The molecule has 0 saturated carbocycles. The molecule has 0 spiro atoms. The predicted molar refractivity (Wildman–Crippen MR) is 190 cm³/mol. The van der Waals surface area contributed by atoms with Gasteiger partial charge in [-0.05, 0) is 54.4 Å². The van der Waals surface area contributed by atoms with Crippen molar-refractivity contribution >= 4 is 43.3 Å². The Morgan fingerprint density at radius 1 is 0.896 bits per heavy atom. The van der Waals surface area contributed by atoms with Crippen LogP contribution in [0.25, 0.3) is 38.4 Å². The highest BCUT2D eigenvalue weighted by molar-refractivity contribution is 7.99. The molecule has 3 aromatic carbocycles. The summed E-state index contributed by atoms with van der Waals surface area (Å²) >= 11 is 3.06. The molecule has 0 radical (unpaired) electrons. The lowest BCUT2D eigenvalue weighted by atomic mass is 10.1. The summed E-state index contributed by atoms with van der Waals surface area (Å²) in [5.74, 6) is 1.28. The molecular formula is C35H35N7O3S3. The SMILES string of the molecule is Cc1cccc(C)c1-n1c(Sc2nc(CN3CCOCC3)nc3scc(-c4ccccc4)c23)nnc1-c1cccc(S(=O)(=O)N(C)C)c1. The fourth-order valence-electron chi connectivity index (χ4n) is 5.86. The van der Waals surface area contributed by atoms with Gasteiger partial charge < -0.3 is 4.74 Å². The molecule has 246 valence electrons. The van der Waals surface area contributed by atoms with Crippen molar-refractivity contribution in [3.63, 3.8) is 0 Å². The standard InChI is InChI=1S/C35H35N7O3S3/c1-23-10-8-11-24(2)31(23)42-32(26-14-9-15-27(20-26)48(43,44)40(3)4)38-39-35(42)47-34-30-28(25-12-6-5-7-13-25)22-46-33(30)36-29(37-34)21-41-16-18-45-19-17-41/h5-15,20,22H,16-19,21H2,1-4H3. The van der Waals surface area contributed by atoms with Gasteiger partial charge in [-0.1, -0.05) is 60.7 Å². The molecule has 0 amide bonds. The van der Waals surface area contributed by atoms with E-state index in [4.69, 9.17) is 24.9 Å². The molecule has 4 heterocycles. The lowest BCUT2D eigenvalue weighted by molar-refractivity contribution is 0.0330. The van der Waals surface area contributed by atoms with Crippen molar-refractivity contribution in [2.45, 2.75) is 35.5 Å². The predicted octanol–water partition coefficient (Wildman–Crippen LogP) is 6.46. The van der Waals surface area contributed by atoms with Gasteiger partial charge in [0.2, 0.25) is 15.2 Å². The van der Waals surface area contributed by atoms with E-state index in [0.717, 1.165) is 62.1 Å². The molecule has 10 nitrogen and oxygen atoms in total. The van der Waals surface area contributed by atoms with Crippen LogP contribution in [0, 0.1) is 13.8 Å². The zero-order valence-electron chi connectivity index (χ0n) is 27.1. The highest BCUT2D eigenvalue weighted by Gasteiger charge is 2.25. The number of benzene rings is 3. The number of hydrogen-bond acceptors (Lipinski definition) is 10. The Kier molecular flexibility index (Phi) is 9.16. The fourth-order valence-corrected chi connectivity index (χ4v) is 8.82. The number of ether oxygens (including phenoxy) is 1. The molecule has 13 heteroatoms. The molecule has 1 aliphatic heterocycles. The van der Waals surface area contributed by atoms with Crippen LogP contribution in [-0.4, -0.2) is 82.8 Å². The Hall–Kier alpha value is -3.98. The van der Waals surface area contributed by atoms with E-state index in [0.29, 0.717) is 36.3 Å². The third kappa shape index (κ3) is 6.29. The first-order valence-corrected chi connectivity index (χ1v) is 18.7. The first kappa shape index (κ1) is 32.6. The van der Waals surface area contributed by atoms with Crippen molar-refractivity contribution in [1.29, 1.82) is 0 Å². The van der Waals surface area contributed by atoms with Gasteiger partial charge in [-0.2, -0.15) is 0 Å². The largest absolute Gasteiger partial charge is 0.379 e. The minimum absolute atomic E-state index is 0.186. The van der Waals surface area contributed by atoms with Gasteiger partial charge in [-0.3, -0.25) is 9.47 Å². The lowest BCUT2D eigenvalue weighted by Crippen LogP contribution is -2.36. The fraction of sp³-hybridized carbons (Fsp3) is 0.257. The maximum atomic E-state index is 13.1. The van der Waals surface area contributed by atoms with Crippen LogP contribution in [-0.2, 0) is 21.3 Å². The Morgan fingerprint density at radius 3 is 2.33 bits per heavy atom. The zero-order chi connectivity index (χ0) is 33.4. The second-order valence-corrected chi connectivity index (χ2v) is 15.8. The molecule has 7 rings (SSSR count). The number of morpholine rings is 1. The molecule has 1 saturated heterocycles. The zero-order valence-corrected chi connectivity index (χ0v) is 29.6. The van der Waals surface area contributed by atoms with Gasteiger partial charge >= 0.3 is 0 Å². The summed E-state index contributed by atoms with van der Waals surface area (Å²) in [6.07, 6.45) is 0. The number of thiophene rings is 1. The van der Waals surface area contributed by atoms with Gasteiger partial charge in [0.05, 0.1) is 35.7 Å². The molecule has 3 aromatic heterocycles. The summed E-state index contributed by atoms with van der Waals surface area (Å²) < 4.78 is 35.0. The molecule has 0 unspecified atom stereocenters. The van der Waals surface area contributed by atoms with Crippen LogP contribution in [0.2, 0.25) is 0 Å². The van der Waals surface area contributed by atoms with Crippen molar-refractivity contribution < 1.29 is 13.2 Å². The van der Waals surface area contributed by atoms with Crippen molar-refractivity contribution in [3.8, 4) is 28.2 Å². The lowest BCUT2D eigenvalue weighted by Gasteiger charge is -2.25. The highest BCUT2D eigenvalue weighted by atomic mass is 32.2. The summed E-state index contributed by atoms with van der Waals surface area (Å²) in [5.41, 5.74) is 5.81. The quantitative estimate of drug-likeness (QED) is 0.158. The second kappa shape index (κ2) is 13.5. The molecule has 0 N–H and O–H groups in total. The van der Waals surface area contributed by atoms with Gasteiger partial charge in [0.25, 0.3) is 0 Å². The van der Waals surface area contributed by atoms with Crippen molar-refractivity contribution in [3.05, 3.63) is 95.1 Å². The topological polar surface area (TPSA) is 106 Å². The van der Waals surface area contributed by atoms with Crippen molar-refractivity contribution in [2.24, 2.45) is 0 Å². The average Bonchev–Trinajstić information content (AvgIpc) is 3.70. The summed E-state index contributed by atoms with van der Waals surface area (Å²) in [5, 5.41) is 14.0. The number of fused-ring (bicyclic) bond motifs is 1. The van der Waals surface area contributed by atoms with Gasteiger partial charge in [0.15, 0.2) is 5.82 Å². The normalized spacial score (nSPS) is 14.3. The number of sulfonamides is 1. The Balaban J connectivity index is 1.41. The van der Waals surface area contributed by atoms with Crippen LogP contribution in [0.3, 0.4) is 0 Å². The molecule has 6 aromatic rings. The van der Waals surface area contributed by atoms with Crippen LogP contribution in [0.15, 0.2) is 93.3 Å². The number of aromatic nitrogens is 5. The third-order valence-corrected chi connectivity index (χ3v) is 12.0. The number of aryl methyl sites for hydroxylation is 2. The summed E-state index contributed by atoms with van der Waals surface area (Å²) in [6.45, 7) is 7.78. The molecule has 48 heavy (non-hydrogen) atoms. The van der Waals surface area contributed by atoms with Crippen LogP contribution >= 0.6 is 23.1 Å². The molecule has 0 aliphatic carbocycles. The number of nitrogens with zero attached hydrogens (tertiary/aromatic N) is 7. The number of rotatable bonds is 9. The minimum Gasteiger partial charge on any atom is -0.379 e. The van der Waals surface area contributed by atoms with Gasteiger partial charge in [-0.25, -0.2) is 22.7 Å². The summed E-state index contributed by atoms with van der Waals surface area (Å²) in [7, 11) is -0.611.